The van der Waals surface area contributed by atoms with E-state index in [0.29, 0.717) is 12.3 Å². The summed E-state index contributed by atoms with van der Waals surface area (Å²) in [6.45, 7) is 2.09. The number of hydrogen-bond donors (Lipinski definition) is 1. The number of carbonyl (C=O) groups excluding carboxylic acids is 1. The van der Waals surface area contributed by atoms with Crippen LogP contribution in [0.15, 0.2) is 29.2 Å². The third kappa shape index (κ3) is 4.45. The number of benzene rings is 1. The van der Waals surface area contributed by atoms with Crippen molar-refractivity contribution in [1.29, 1.82) is 0 Å². The SMILES string of the molecule is CCSc1ccccc1NC(=O)CCCCl. The van der Waals surface area contributed by atoms with Crippen molar-refractivity contribution < 1.29 is 4.79 Å². The van der Waals surface area contributed by atoms with Gasteiger partial charge in [-0.3, -0.25) is 4.79 Å². The fourth-order valence-corrected chi connectivity index (χ4v) is 2.19. The minimum Gasteiger partial charge on any atom is -0.325 e. The first-order chi connectivity index (χ1) is 7.77. The summed E-state index contributed by atoms with van der Waals surface area (Å²) in [5, 5.41) is 2.91. The Hall–Kier alpha value is -0.670. The summed E-state index contributed by atoms with van der Waals surface area (Å²) >= 11 is 7.27. The van der Waals surface area contributed by atoms with Gasteiger partial charge >= 0.3 is 0 Å². The lowest BCUT2D eigenvalue weighted by Gasteiger charge is -2.09. The number of amides is 1. The highest BCUT2D eigenvalue weighted by atomic mass is 35.5. The van der Waals surface area contributed by atoms with Crippen molar-refractivity contribution in [2.24, 2.45) is 0 Å². The number of rotatable bonds is 6. The average Bonchev–Trinajstić information content (AvgIpc) is 2.29. The van der Waals surface area contributed by atoms with Gasteiger partial charge in [0.15, 0.2) is 0 Å². The fourth-order valence-electron chi connectivity index (χ4n) is 1.29. The van der Waals surface area contributed by atoms with Crippen LogP contribution in [-0.2, 0) is 4.79 Å². The van der Waals surface area contributed by atoms with Crippen LogP contribution in [-0.4, -0.2) is 17.5 Å². The number of halogens is 1. The Labute approximate surface area is 106 Å². The van der Waals surface area contributed by atoms with E-state index >= 15 is 0 Å². The molecule has 0 aliphatic heterocycles. The maximum absolute atomic E-state index is 11.5. The van der Waals surface area contributed by atoms with E-state index in [1.807, 2.05) is 24.3 Å². The van der Waals surface area contributed by atoms with Gasteiger partial charge in [0.05, 0.1) is 5.69 Å². The monoisotopic (exact) mass is 257 g/mol. The van der Waals surface area contributed by atoms with Crippen molar-refractivity contribution in [3.63, 3.8) is 0 Å². The molecule has 0 aliphatic rings. The summed E-state index contributed by atoms with van der Waals surface area (Å²) in [5.74, 6) is 1.55. The van der Waals surface area contributed by atoms with E-state index in [2.05, 4.69) is 12.2 Å². The Morgan fingerprint density at radius 1 is 1.44 bits per heavy atom. The standard InChI is InChI=1S/C12H16ClNOS/c1-2-16-11-7-4-3-6-10(11)14-12(15)8-5-9-13/h3-4,6-7H,2,5,8-9H2,1H3,(H,14,15). The van der Waals surface area contributed by atoms with Gasteiger partial charge in [0.25, 0.3) is 0 Å². The Kier molecular flexibility index (Phi) is 6.34. The van der Waals surface area contributed by atoms with Crippen LogP contribution >= 0.6 is 23.4 Å². The first-order valence-electron chi connectivity index (χ1n) is 5.35. The lowest BCUT2D eigenvalue weighted by atomic mass is 10.3. The summed E-state index contributed by atoms with van der Waals surface area (Å²) in [4.78, 5) is 12.7. The zero-order chi connectivity index (χ0) is 11.8. The van der Waals surface area contributed by atoms with Crippen LogP contribution < -0.4 is 5.32 Å². The lowest BCUT2D eigenvalue weighted by molar-refractivity contribution is -0.116. The maximum atomic E-state index is 11.5. The van der Waals surface area contributed by atoms with E-state index in [1.165, 1.54) is 0 Å². The third-order valence-corrected chi connectivity index (χ3v) is 3.22. The largest absolute Gasteiger partial charge is 0.325 e. The van der Waals surface area contributed by atoms with Crippen LogP contribution in [0.1, 0.15) is 19.8 Å². The van der Waals surface area contributed by atoms with Crippen LogP contribution in [0.3, 0.4) is 0 Å². The molecule has 0 bridgehead atoms. The average molecular weight is 258 g/mol. The van der Waals surface area contributed by atoms with Gasteiger partial charge in [-0.2, -0.15) is 0 Å². The fraction of sp³-hybridized carbons (Fsp3) is 0.417. The third-order valence-electron chi connectivity index (χ3n) is 2.00. The summed E-state index contributed by atoms with van der Waals surface area (Å²) in [6, 6.07) is 7.85. The van der Waals surface area contributed by atoms with Gasteiger partial charge in [-0.15, -0.1) is 23.4 Å². The molecule has 0 heterocycles. The molecule has 1 aromatic carbocycles. The van der Waals surface area contributed by atoms with E-state index < -0.39 is 0 Å². The second kappa shape index (κ2) is 7.58. The molecule has 0 atom stereocenters. The van der Waals surface area contributed by atoms with Gasteiger partial charge in [0, 0.05) is 17.2 Å². The number of hydrogen-bond acceptors (Lipinski definition) is 2. The quantitative estimate of drug-likeness (QED) is 0.621. The molecule has 0 aliphatic carbocycles. The number of para-hydroxylation sites is 1. The number of carbonyl (C=O) groups is 1. The van der Waals surface area contributed by atoms with Crippen molar-refractivity contribution in [3.05, 3.63) is 24.3 Å². The maximum Gasteiger partial charge on any atom is 0.224 e. The van der Waals surface area contributed by atoms with Crippen molar-refractivity contribution >= 4 is 35.0 Å². The normalized spacial score (nSPS) is 10.1. The molecule has 0 fully saturated rings. The second-order valence-corrected chi connectivity index (χ2v) is 4.95. The molecule has 1 aromatic rings. The molecule has 1 N–H and O–H groups in total. The molecular weight excluding hydrogens is 242 g/mol. The second-order valence-electron chi connectivity index (χ2n) is 3.27. The van der Waals surface area contributed by atoms with Crippen molar-refractivity contribution in [2.75, 3.05) is 16.9 Å². The van der Waals surface area contributed by atoms with Crippen LogP contribution in [0.5, 0.6) is 0 Å². The lowest BCUT2D eigenvalue weighted by Crippen LogP contribution is -2.11. The van der Waals surface area contributed by atoms with Gasteiger partial charge in [0.2, 0.25) is 5.91 Å². The highest BCUT2D eigenvalue weighted by Crippen LogP contribution is 2.26. The van der Waals surface area contributed by atoms with Crippen molar-refractivity contribution in [2.45, 2.75) is 24.7 Å². The van der Waals surface area contributed by atoms with Crippen LogP contribution in [0, 0.1) is 0 Å². The van der Waals surface area contributed by atoms with E-state index in [-0.39, 0.29) is 5.91 Å². The summed E-state index contributed by atoms with van der Waals surface area (Å²) in [7, 11) is 0. The first kappa shape index (κ1) is 13.4. The van der Waals surface area contributed by atoms with Gasteiger partial charge in [-0.1, -0.05) is 19.1 Å². The number of alkyl halides is 1. The number of thioether (sulfide) groups is 1. The highest BCUT2D eigenvalue weighted by Gasteiger charge is 2.05. The summed E-state index contributed by atoms with van der Waals surface area (Å²) in [5.41, 5.74) is 0.897. The first-order valence-corrected chi connectivity index (χ1v) is 6.87. The van der Waals surface area contributed by atoms with Crippen LogP contribution in [0.4, 0.5) is 5.69 Å². The smallest absolute Gasteiger partial charge is 0.224 e. The Morgan fingerprint density at radius 2 is 2.19 bits per heavy atom. The van der Waals surface area contributed by atoms with Crippen molar-refractivity contribution in [1.82, 2.24) is 0 Å². The summed E-state index contributed by atoms with van der Waals surface area (Å²) < 4.78 is 0. The molecule has 0 unspecified atom stereocenters. The van der Waals surface area contributed by atoms with Gasteiger partial charge in [-0.05, 0) is 24.3 Å². The molecule has 0 aromatic heterocycles. The van der Waals surface area contributed by atoms with E-state index in [1.54, 1.807) is 11.8 Å². The van der Waals surface area contributed by atoms with Gasteiger partial charge in [0.1, 0.15) is 0 Å². The van der Waals surface area contributed by atoms with Crippen LogP contribution in [0.25, 0.3) is 0 Å². The molecule has 88 valence electrons. The molecule has 1 amide bonds. The van der Waals surface area contributed by atoms with Gasteiger partial charge in [-0.25, -0.2) is 0 Å². The van der Waals surface area contributed by atoms with Crippen molar-refractivity contribution in [3.8, 4) is 0 Å². The number of anilines is 1. The van der Waals surface area contributed by atoms with Gasteiger partial charge < -0.3 is 5.32 Å². The molecule has 1 rings (SSSR count). The molecule has 4 heteroatoms. The predicted molar refractivity (Wildman–Crippen MR) is 71.4 cm³/mol. The molecule has 16 heavy (non-hydrogen) atoms. The zero-order valence-corrected chi connectivity index (χ0v) is 10.9. The van der Waals surface area contributed by atoms with E-state index in [0.717, 1.165) is 22.8 Å². The zero-order valence-electron chi connectivity index (χ0n) is 9.33. The molecular formula is C12H16ClNOS. The Balaban J connectivity index is 2.61. The molecule has 2 nitrogen and oxygen atoms in total. The van der Waals surface area contributed by atoms with E-state index in [9.17, 15) is 4.79 Å². The topological polar surface area (TPSA) is 29.1 Å². The van der Waals surface area contributed by atoms with E-state index in [4.69, 9.17) is 11.6 Å². The predicted octanol–water partition coefficient (Wildman–Crippen LogP) is 3.76. The minimum absolute atomic E-state index is 0.0322. The molecule has 0 saturated heterocycles. The molecule has 0 saturated carbocycles. The highest BCUT2D eigenvalue weighted by molar-refractivity contribution is 7.99. The molecule has 0 radical (unpaired) electrons. The minimum atomic E-state index is 0.0322. The van der Waals surface area contributed by atoms with Crippen LogP contribution in [0.2, 0.25) is 0 Å². The Bertz CT molecular complexity index is 344. The Morgan fingerprint density at radius 3 is 2.88 bits per heavy atom. The molecule has 0 spiro atoms. The summed E-state index contributed by atoms with van der Waals surface area (Å²) in [6.07, 6.45) is 1.20. The number of nitrogens with one attached hydrogen (secondary N) is 1.